The number of nitrogens with zero attached hydrogens (tertiary/aromatic N) is 5. The number of rotatable bonds is 11. The molecule has 0 aliphatic heterocycles. The Morgan fingerprint density at radius 3 is 2.71 bits per heavy atom. The van der Waals surface area contributed by atoms with E-state index in [0.29, 0.717) is 17.5 Å². The van der Waals surface area contributed by atoms with E-state index in [4.69, 9.17) is 15.3 Å². The van der Waals surface area contributed by atoms with Crippen molar-refractivity contribution in [1.82, 2.24) is 20.4 Å². The number of carbonyl (C=O) groups is 1. The topological polar surface area (TPSA) is 161 Å². The molecule has 38 heavy (non-hydrogen) atoms. The number of nitrogens with one attached hydrogen (secondary N) is 3. The number of aromatic nitrogens is 3. The number of hydroxylamine groups is 1. The van der Waals surface area contributed by atoms with Crippen LogP contribution < -0.4 is 26.6 Å². The zero-order valence-electron chi connectivity index (χ0n) is 21.2. The average Bonchev–Trinajstić information content (AvgIpc) is 3.71. The van der Waals surface area contributed by atoms with Gasteiger partial charge in [0.15, 0.2) is 5.75 Å². The smallest absolute Gasteiger partial charge is 0.278 e. The summed E-state index contributed by atoms with van der Waals surface area (Å²) in [4.78, 5) is 38.9. The van der Waals surface area contributed by atoms with Gasteiger partial charge in [0.05, 0.1) is 42.3 Å². The third kappa shape index (κ3) is 6.76. The number of amidine groups is 1. The van der Waals surface area contributed by atoms with Crippen molar-refractivity contribution in [3.63, 3.8) is 0 Å². The van der Waals surface area contributed by atoms with Crippen molar-refractivity contribution in [3.8, 4) is 5.75 Å². The second-order valence-electron chi connectivity index (χ2n) is 8.26. The Morgan fingerprint density at radius 2 is 2.00 bits per heavy atom. The first-order valence-electron chi connectivity index (χ1n) is 11.9. The Kier molecular flexibility index (Phi) is 8.38. The van der Waals surface area contributed by atoms with Crippen molar-refractivity contribution in [2.24, 2.45) is 15.7 Å². The summed E-state index contributed by atoms with van der Waals surface area (Å²) in [6.07, 6.45) is 6.36. The molecule has 5 N–H and O–H groups in total. The lowest BCUT2D eigenvalue weighted by Crippen LogP contribution is -2.24. The fourth-order valence-electron chi connectivity index (χ4n) is 3.38. The Morgan fingerprint density at radius 1 is 1.18 bits per heavy atom. The van der Waals surface area contributed by atoms with Crippen molar-refractivity contribution < 1.29 is 18.8 Å². The number of ether oxygens (including phenoxy) is 1. The summed E-state index contributed by atoms with van der Waals surface area (Å²) in [6.45, 7) is 3.75. The van der Waals surface area contributed by atoms with E-state index in [1.807, 2.05) is 0 Å². The normalized spacial score (nSPS) is 13.4. The first-order chi connectivity index (χ1) is 18.4. The van der Waals surface area contributed by atoms with Crippen molar-refractivity contribution in [2.75, 3.05) is 24.4 Å². The van der Waals surface area contributed by atoms with Crippen LogP contribution in [0.25, 0.3) is 0 Å². The molecule has 1 aliphatic rings. The van der Waals surface area contributed by atoms with Gasteiger partial charge in [-0.2, -0.15) is 0 Å². The summed E-state index contributed by atoms with van der Waals surface area (Å²) in [5, 5.41) is 6.13. The summed E-state index contributed by atoms with van der Waals surface area (Å²) in [7, 11) is 1.42. The highest BCUT2D eigenvalue weighted by Gasteiger charge is 2.20. The zero-order chi connectivity index (χ0) is 27.1. The SMILES string of the molecule is CCONC(=O)c1cnc(Nc2ccnc(C)n2)cc1Nc1cc(F)cc(C(N)=NC=NC2CC2)c1OC. The highest BCUT2D eigenvalue weighted by Crippen LogP contribution is 2.34. The van der Waals surface area contributed by atoms with Gasteiger partial charge in [0.1, 0.15) is 35.5 Å². The number of pyridine rings is 1. The highest BCUT2D eigenvalue weighted by molar-refractivity contribution is 6.05. The van der Waals surface area contributed by atoms with Gasteiger partial charge in [0, 0.05) is 24.5 Å². The molecule has 198 valence electrons. The third-order valence-corrected chi connectivity index (χ3v) is 5.31. The quantitative estimate of drug-likeness (QED) is 0.168. The molecule has 1 amide bonds. The van der Waals surface area contributed by atoms with Gasteiger partial charge in [-0.25, -0.2) is 29.8 Å². The van der Waals surface area contributed by atoms with Crippen LogP contribution in [0, 0.1) is 12.7 Å². The molecule has 0 unspecified atom stereocenters. The van der Waals surface area contributed by atoms with Crippen LogP contribution in [0.1, 0.15) is 41.5 Å². The predicted molar refractivity (Wildman–Crippen MR) is 142 cm³/mol. The van der Waals surface area contributed by atoms with Crippen molar-refractivity contribution >= 4 is 41.1 Å². The summed E-state index contributed by atoms with van der Waals surface area (Å²) in [6, 6.07) is 5.95. The summed E-state index contributed by atoms with van der Waals surface area (Å²) in [5.41, 5.74) is 9.32. The number of aryl methyl sites for hydroxylation is 1. The first-order valence-corrected chi connectivity index (χ1v) is 11.9. The lowest BCUT2D eigenvalue weighted by molar-refractivity contribution is 0.0365. The van der Waals surface area contributed by atoms with Gasteiger partial charge >= 0.3 is 0 Å². The number of nitrogens with two attached hydrogens (primary N) is 1. The molecule has 2 heterocycles. The molecule has 0 radical (unpaired) electrons. The Bertz CT molecular complexity index is 1380. The van der Waals surface area contributed by atoms with Crippen LogP contribution in [0.5, 0.6) is 5.75 Å². The van der Waals surface area contributed by atoms with Crippen molar-refractivity contribution in [2.45, 2.75) is 32.7 Å². The minimum Gasteiger partial charge on any atom is -0.494 e. The number of anilines is 4. The van der Waals surface area contributed by atoms with Crippen LogP contribution >= 0.6 is 0 Å². The number of aliphatic imine (C=N–C) groups is 2. The van der Waals surface area contributed by atoms with Crippen molar-refractivity contribution in [3.05, 3.63) is 59.4 Å². The Hall–Kier alpha value is -4.65. The Balaban J connectivity index is 1.71. The van der Waals surface area contributed by atoms with Crippen LogP contribution in [0.3, 0.4) is 0 Å². The lowest BCUT2D eigenvalue weighted by atomic mass is 10.1. The molecule has 0 atom stereocenters. The number of benzene rings is 1. The Labute approximate surface area is 218 Å². The second kappa shape index (κ2) is 12.1. The van der Waals surface area contributed by atoms with E-state index in [0.717, 1.165) is 12.8 Å². The van der Waals surface area contributed by atoms with E-state index in [2.05, 4.69) is 41.1 Å². The molecule has 1 saturated carbocycles. The molecule has 1 aliphatic carbocycles. The molecule has 4 rings (SSSR count). The van der Waals surface area contributed by atoms with Gasteiger partial charge in [0.2, 0.25) is 0 Å². The third-order valence-electron chi connectivity index (χ3n) is 5.31. The molecule has 1 fully saturated rings. The number of hydrogen-bond acceptors (Lipinski definition) is 9. The molecule has 0 spiro atoms. The van der Waals surface area contributed by atoms with Gasteiger partial charge in [-0.15, -0.1) is 0 Å². The molecule has 0 bridgehead atoms. The van der Waals surface area contributed by atoms with E-state index in [-0.39, 0.29) is 46.7 Å². The maximum atomic E-state index is 14.7. The molecule has 1 aromatic carbocycles. The van der Waals surface area contributed by atoms with Crippen LogP contribution in [-0.4, -0.2) is 52.8 Å². The first kappa shape index (κ1) is 26.4. The molecule has 3 aromatic rings. The predicted octanol–water partition coefficient (Wildman–Crippen LogP) is 3.39. The van der Waals surface area contributed by atoms with Crippen LogP contribution in [0.4, 0.5) is 27.4 Å². The summed E-state index contributed by atoms with van der Waals surface area (Å²) >= 11 is 0. The van der Waals surface area contributed by atoms with Crippen LogP contribution in [-0.2, 0) is 4.84 Å². The van der Waals surface area contributed by atoms with Crippen molar-refractivity contribution in [1.29, 1.82) is 0 Å². The minimum atomic E-state index is -0.593. The maximum Gasteiger partial charge on any atom is 0.278 e. The highest BCUT2D eigenvalue weighted by atomic mass is 19.1. The van der Waals surface area contributed by atoms with E-state index in [1.54, 1.807) is 32.2 Å². The largest absolute Gasteiger partial charge is 0.494 e. The van der Waals surface area contributed by atoms with E-state index in [9.17, 15) is 9.18 Å². The fraction of sp³-hybridized carbons (Fsp3) is 0.280. The minimum absolute atomic E-state index is 0.0272. The zero-order valence-corrected chi connectivity index (χ0v) is 21.2. The summed E-state index contributed by atoms with van der Waals surface area (Å²) in [5.74, 6) is 0.542. The molecule has 0 saturated heterocycles. The molecular weight excluding hydrogens is 493 g/mol. The van der Waals surface area contributed by atoms with Crippen LogP contribution in [0.2, 0.25) is 0 Å². The number of carbonyl (C=O) groups excluding carboxylic acids is 1. The van der Waals surface area contributed by atoms with Crippen LogP contribution in [0.15, 0.2) is 46.6 Å². The number of amides is 1. The van der Waals surface area contributed by atoms with Gasteiger partial charge in [-0.1, -0.05) is 0 Å². The van der Waals surface area contributed by atoms with E-state index >= 15 is 0 Å². The summed E-state index contributed by atoms with van der Waals surface area (Å²) < 4.78 is 20.3. The molecular formula is C25H28FN9O3. The molecule has 13 heteroatoms. The lowest BCUT2D eigenvalue weighted by Gasteiger charge is -2.18. The molecule has 12 nitrogen and oxygen atoms in total. The van der Waals surface area contributed by atoms with E-state index in [1.165, 1.54) is 31.8 Å². The maximum absolute atomic E-state index is 14.7. The molecule has 2 aromatic heterocycles. The number of methoxy groups -OCH3 is 1. The average molecular weight is 522 g/mol. The van der Waals surface area contributed by atoms with Gasteiger partial charge in [-0.05, 0) is 38.8 Å². The van der Waals surface area contributed by atoms with Gasteiger partial charge < -0.3 is 21.1 Å². The standard InChI is InChI=1S/C25H28FN9O3/c1-4-38-35-25(36)18-12-29-22(34-21-7-8-28-14(2)32-21)11-19(18)33-20-10-15(26)9-17(23(20)37-3)24(27)31-13-30-16-5-6-16/h7-13,16H,4-6H2,1-3H3,(H,35,36)(H2,27,30,31)(H2,28,29,32,33,34). The monoisotopic (exact) mass is 521 g/mol. The second-order valence-corrected chi connectivity index (χ2v) is 8.26. The van der Waals surface area contributed by atoms with Gasteiger partial charge in [-0.3, -0.25) is 14.6 Å². The van der Waals surface area contributed by atoms with E-state index < -0.39 is 11.7 Å². The fourth-order valence-corrected chi connectivity index (χ4v) is 3.38. The van der Waals surface area contributed by atoms with Gasteiger partial charge in [0.25, 0.3) is 5.91 Å². The number of halogens is 1. The number of hydrogen-bond donors (Lipinski definition) is 4.